The number of nitrogens with zero attached hydrogens (tertiary/aromatic N) is 1. The molecule has 0 aliphatic heterocycles. The topological polar surface area (TPSA) is 32.6 Å². The van der Waals surface area contributed by atoms with Crippen molar-refractivity contribution in [2.75, 3.05) is 0 Å². The molecule has 0 atom stereocenters. The zero-order valence-corrected chi connectivity index (χ0v) is 5.64. The van der Waals surface area contributed by atoms with Crippen molar-refractivity contribution in [2.24, 2.45) is 5.16 Å². The maximum Gasteiger partial charge on any atom is 0.0487 e. The van der Waals surface area contributed by atoms with Crippen molar-refractivity contribution in [1.82, 2.24) is 0 Å². The molecular formula is C6H7NOS. The summed E-state index contributed by atoms with van der Waals surface area (Å²) in [7, 11) is 0. The summed E-state index contributed by atoms with van der Waals surface area (Å²) in [5.41, 5.74) is 0. The van der Waals surface area contributed by atoms with E-state index in [0.29, 0.717) is 0 Å². The van der Waals surface area contributed by atoms with Gasteiger partial charge in [0.2, 0.25) is 0 Å². The fraction of sp³-hybridized carbons (Fsp3) is 0.167. The van der Waals surface area contributed by atoms with Gasteiger partial charge in [-0.25, -0.2) is 0 Å². The zero-order chi connectivity index (χ0) is 6.53. The van der Waals surface area contributed by atoms with Gasteiger partial charge >= 0.3 is 0 Å². The smallest absolute Gasteiger partial charge is 0.0487 e. The quantitative estimate of drug-likeness (QED) is 0.380. The Morgan fingerprint density at radius 3 is 3.22 bits per heavy atom. The number of thiophene rings is 1. The van der Waals surface area contributed by atoms with Crippen LogP contribution in [0.4, 0.5) is 0 Å². The van der Waals surface area contributed by atoms with Crippen LogP contribution in [0.15, 0.2) is 22.7 Å². The highest BCUT2D eigenvalue weighted by Crippen LogP contribution is 2.07. The van der Waals surface area contributed by atoms with Gasteiger partial charge in [0.25, 0.3) is 0 Å². The Labute approximate surface area is 57.4 Å². The molecule has 0 aromatic carbocycles. The first-order valence-electron chi connectivity index (χ1n) is 2.62. The van der Waals surface area contributed by atoms with Crippen LogP contribution in [0.3, 0.4) is 0 Å². The first-order chi connectivity index (χ1) is 4.43. The molecule has 1 N–H and O–H groups in total. The van der Waals surface area contributed by atoms with Crippen molar-refractivity contribution in [3.63, 3.8) is 0 Å². The second kappa shape index (κ2) is 3.25. The van der Waals surface area contributed by atoms with E-state index in [1.807, 2.05) is 17.5 Å². The third-order valence-corrected chi connectivity index (χ3v) is 1.85. The molecule has 1 aromatic heterocycles. The van der Waals surface area contributed by atoms with Gasteiger partial charge in [-0.05, 0) is 11.4 Å². The molecule has 0 bridgehead atoms. The lowest BCUT2D eigenvalue weighted by atomic mass is 10.4. The molecular weight excluding hydrogens is 134 g/mol. The Kier molecular flexibility index (Phi) is 2.27. The fourth-order valence-electron chi connectivity index (χ4n) is 0.560. The van der Waals surface area contributed by atoms with E-state index < -0.39 is 0 Å². The molecule has 0 aliphatic carbocycles. The highest BCUT2D eigenvalue weighted by atomic mass is 32.1. The highest BCUT2D eigenvalue weighted by molar-refractivity contribution is 7.10. The number of hydrogen-bond acceptors (Lipinski definition) is 3. The van der Waals surface area contributed by atoms with Crippen LogP contribution in [-0.4, -0.2) is 11.4 Å². The van der Waals surface area contributed by atoms with Crippen molar-refractivity contribution in [1.29, 1.82) is 0 Å². The first kappa shape index (κ1) is 6.29. The summed E-state index contributed by atoms with van der Waals surface area (Å²) < 4.78 is 0. The lowest BCUT2D eigenvalue weighted by Crippen LogP contribution is -1.78. The molecule has 0 fully saturated rings. The Morgan fingerprint density at radius 1 is 1.78 bits per heavy atom. The Hall–Kier alpha value is -0.830. The van der Waals surface area contributed by atoms with E-state index in [9.17, 15) is 0 Å². The average Bonchev–Trinajstić information content (AvgIpc) is 2.34. The number of rotatable bonds is 2. The van der Waals surface area contributed by atoms with Crippen LogP contribution < -0.4 is 0 Å². The largest absolute Gasteiger partial charge is 0.411 e. The molecule has 0 spiro atoms. The molecule has 0 amide bonds. The molecule has 1 rings (SSSR count). The van der Waals surface area contributed by atoms with Gasteiger partial charge in [-0.3, -0.25) is 0 Å². The highest BCUT2D eigenvalue weighted by Gasteiger charge is 1.87. The molecule has 0 unspecified atom stereocenters. The third kappa shape index (κ3) is 1.85. The normalized spacial score (nSPS) is 10.7. The zero-order valence-electron chi connectivity index (χ0n) is 4.82. The van der Waals surface area contributed by atoms with E-state index in [-0.39, 0.29) is 0 Å². The summed E-state index contributed by atoms with van der Waals surface area (Å²) in [6, 6.07) is 3.98. The van der Waals surface area contributed by atoms with Gasteiger partial charge in [0, 0.05) is 17.5 Å². The van der Waals surface area contributed by atoms with Gasteiger partial charge in [0.1, 0.15) is 0 Å². The molecule has 1 aromatic rings. The van der Waals surface area contributed by atoms with E-state index in [4.69, 9.17) is 5.21 Å². The first-order valence-corrected chi connectivity index (χ1v) is 3.49. The molecule has 9 heavy (non-hydrogen) atoms. The predicted molar refractivity (Wildman–Crippen MR) is 38.3 cm³/mol. The summed E-state index contributed by atoms with van der Waals surface area (Å²) >= 11 is 1.66. The monoisotopic (exact) mass is 141 g/mol. The molecule has 0 saturated heterocycles. The molecule has 48 valence electrons. The van der Waals surface area contributed by atoms with Gasteiger partial charge < -0.3 is 5.21 Å². The van der Waals surface area contributed by atoms with Crippen molar-refractivity contribution in [2.45, 2.75) is 6.42 Å². The predicted octanol–water partition coefficient (Wildman–Crippen LogP) is 1.75. The van der Waals surface area contributed by atoms with E-state index >= 15 is 0 Å². The van der Waals surface area contributed by atoms with Crippen LogP contribution in [0.1, 0.15) is 4.88 Å². The van der Waals surface area contributed by atoms with Crippen LogP contribution in [0.2, 0.25) is 0 Å². The summed E-state index contributed by atoms with van der Waals surface area (Å²) in [6.07, 6.45) is 2.21. The lowest BCUT2D eigenvalue weighted by molar-refractivity contribution is 0.321. The van der Waals surface area contributed by atoms with Crippen LogP contribution in [0.5, 0.6) is 0 Å². The van der Waals surface area contributed by atoms with Crippen molar-refractivity contribution in [3.8, 4) is 0 Å². The fourth-order valence-corrected chi connectivity index (χ4v) is 1.22. The molecule has 0 saturated carbocycles. The summed E-state index contributed by atoms with van der Waals surface area (Å²) in [5.74, 6) is 0. The van der Waals surface area contributed by atoms with Crippen LogP contribution >= 0.6 is 11.3 Å². The Bertz CT molecular complexity index is 181. The maximum absolute atomic E-state index is 8.04. The molecule has 0 aliphatic rings. The van der Waals surface area contributed by atoms with Crippen LogP contribution in [0.25, 0.3) is 0 Å². The molecule has 2 nitrogen and oxygen atoms in total. The van der Waals surface area contributed by atoms with E-state index in [0.717, 1.165) is 6.42 Å². The summed E-state index contributed by atoms with van der Waals surface area (Å²) in [6.45, 7) is 0. The SMILES string of the molecule is ON=CCc1cccs1. The van der Waals surface area contributed by atoms with Gasteiger partial charge in [-0.15, -0.1) is 16.5 Å². The summed E-state index contributed by atoms with van der Waals surface area (Å²) in [5, 5.41) is 12.9. The van der Waals surface area contributed by atoms with Crippen LogP contribution in [-0.2, 0) is 6.42 Å². The maximum atomic E-state index is 8.04. The van der Waals surface area contributed by atoms with E-state index in [1.165, 1.54) is 11.1 Å². The van der Waals surface area contributed by atoms with E-state index in [1.54, 1.807) is 11.3 Å². The second-order valence-electron chi connectivity index (χ2n) is 1.58. The molecule has 1 heterocycles. The minimum absolute atomic E-state index is 0.730. The third-order valence-electron chi connectivity index (χ3n) is 0.954. The van der Waals surface area contributed by atoms with Crippen molar-refractivity contribution >= 4 is 17.6 Å². The van der Waals surface area contributed by atoms with Gasteiger partial charge in [-0.1, -0.05) is 6.07 Å². The van der Waals surface area contributed by atoms with Crippen molar-refractivity contribution < 1.29 is 5.21 Å². The molecule has 3 heteroatoms. The summed E-state index contributed by atoms with van der Waals surface area (Å²) in [4.78, 5) is 1.22. The Morgan fingerprint density at radius 2 is 2.67 bits per heavy atom. The minimum atomic E-state index is 0.730. The average molecular weight is 141 g/mol. The van der Waals surface area contributed by atoms with Gasteiger partial charge in [-0.2, -0.15) is 0 Å². The Balaban J connectivity index is 2.48. The number of oxime groups is 1. The minimum Gasteiger partial charge on any atom is -0.411 e. The van der Waals surface area contributed by atoms with Crippen molar-refractivity contribution in [3.05, 3.63) is 22.4 Å². The van der Waals surface area contributed by atoms with E-state index in [2.05, 4.69) is 5.16 Å². The second-order valence-corrected chi connectivity index (χ2v) is 2.61. The van der Waals surface area contributed by atoms with Gasteiger partial charge in [0.15, 0.2) is 0 Å². The molecule has 0 radical (unpaired) electrons. The lowest BCUT2D eigenvalue weighted by Gasteiger charge is -1.81. The van der Waals surface area contributed by atoms with Crippen LogP contribution in [0, 0.1) is 0 Å². The number of hydrogen-bond donors (Lipinski definition) is 1. The van der Waals surface area contributed by atoms with Gasteiger partial charge in [0.05, 0.1) is 0 Å². The standard InChI is InChI=1S/C6H7NOS/c8-7-4-3-6-2-1-5-9-6/h1-2,4-5,8H,3H2.